The SMILES string of the molecule is O=C(c1ccc(F)cc1)C1CCN(CC(=O)N(Cc2nc3c(c(=O)[nH]2)COCC3)CC2CC2)CC1. The molecule has 0 spiro atoms. The van der Waals surface area contributed by atoms with E-state index in [4.69, 9.17) is 4.74 Å². The monoisotopic (exact) mass is 482 g/mol. The van der Waals surface area contributed by atoms with Crippen LogP contribution in [-0.4, -0.2) is 64.2 Å². The first-order chi connectivity index (χ1) is 17.0. The summed E-state index contributed by atoms with van der Waals surface area (Å²) in [7, 11) is 0. The average Bonchev–Trinajstić information content (AvgIpc) is 3.68. The maximum absolute atomic E-state index is 13.3. The van der Waals surface area contributed by atoms with Crippen molar-refractivity contribution in [1.29, 1.82) is 0 Å². The zero-order chi connectivity index (χ0) is 24.4. The van der Waals surface area contributed by atoms with E-state index in [2.05, 4.69) is 14.9 Å². The fraction of sp³-hybridized carbons (Fsp3) is 0.538. The third kappa shape index (κ3) is 5.85. The number of fused-ring (bicyclic) bond motifs is 1. The molecule has 186 valence electrons. The number of hydrogen-bond acceptors (Lipinski definition) is 6. The van der Waals surface area contributed by atoms with Gasteiger partial charge in [-0.1, -0.05) is 0 Å². The lowest BCUT2D eigenvalue weighted by Gasteiger charge is -2.32. The number of nitrogens with one attached hydrogen (secondary N) is 1. The van der Waals surface area contributed by atoms with E-state index in [0.717, 1.165) is 18.5 Å². The molecule has 0 radical (unpaired) electrons. The molecule has 5 rings (SSSR count). The molecule has 1 saturated heterocycles. The lowest BCUT2D eigenvalue weighted by Crippen LogP contribution is -2.45. The van der Waals surface area contributed by atoms with Gasteiger partial charge in [-0.15, -0.1) is 0 Å². The molecular weight excluding hydrogens is 451 g/mol. The van der Waals surface area contributed by atoms with Crippen molar-refractivity contribution < 1.29 is 18.7 Å². The first-order valence-electron chi connectivity index (χ1n) is 12.4. The highest BCUT2D eigenvalue weighted by atomic mass is 19.1. The van der Waals surface area contributed by atoms with Crippen LogP contribution in [0.4, 0.5) is 4.39 Å². The number of ketones is 1. The Morgan fingerprint density at radius 3 is 2.60 bits per heavy atom. The minimum atomic E-state index is -0.352. The molecule has 0 unspecified atom stereocenters. The van der Waals surface area contributed by atoms with Crippen LogP contribution in [0.1, 0.15) is 53.1 Å². The van der Waals surface area contributed by atoms with Gasteiger partial charge in [-0.05, 0) is 69.0 Å². The molecule has 2 fully saturated rings. The second-order valence-corrected chi connectivity index (χ2v) is 9.88. The fourth-order valence-corrected chi connectivity index (χ4v) is 4.91. The topological polar surface area (TPSA) is 95.6 Å². The number of H-pyrrole nitrogens is 1. The summed E-state index contributed by atoms with van der Waals surface area (Å²) in [6.07, 6.45) is 4.19. The Balaban J connectivity index is 1.19. The van der Waals surface area contributed by atoms with E-state index in [1.54, 1.807) is 0 Å². The molecule has 2 aromatic rings. The number of hydrogen-bond donors (Lipinski definition) is 1. The summed E-state index contributed by atoms with van der Waals surface area (Å²) in [6.45, 7) is 3.40. The van der Waals surface area contributed by atoms with Crippen LogP contribution in [-0.2, 0) is 29.1 Å². The molecule has 1 N–H and O–H groups in total. The Morgan fingerprint density at radius 1 is 1.14 bits per heavy atom. The summed E-state index contributed by atoms with van der Waals surface area (Å²) in [5.74, 6) is 0.629. The number of nitrogens with zero attached hydrogens (tertiary/aromatic N) is 3. The Morgan fingerprint density at radius 2 is 1.89 bits per heavy atom. The molecule has 9 heteroatoms. The molecule has 0 bridgehead atoms. The highest BCUT2D eigenvalue weighted by Crippen LogP contribution is 2.30. The van der Waals surface area contributed by atoms with Crippen molar-refractivity contribution in [1.82, 2.24) is 19.8 Å². The second-order valence-electron chi connectivity index (χ2n) is 9.88. The number of likely N-dealkylation sites (tertiary alicyclic amines) is 1. The number of amides is 1. The third-order valence-electron chi connectivity index (χ3n) is 7.19. The van der Waals surface area contributed by atoms with Gasteiger partial charge >= 0.3 is 0 Å². The highest BCUT2D eigenvalue weighted by Gasteiger charge is 2.31. The summed E-state index contributed by atoms with van der Waals surface area (Å²) in [6, 6.07) is 5.70. The van der Waals surface area contributed by atoms with Crippen molar-refractivity contribution in [2.24, 2.45) is 11.8 Å². The zero-order valence-corrected chi connectivity index (χ0v) is 19.8. The number of halogens is 1. The smallest absolute Gasteiger partial charge is 0.256 e. The van der Waals surface area contributed by atoms with Gasteiger partial charge in [-0.2, -0.15) is 0 Å². The predicted octanol–water partition coefficient (Wildman–Crippen LogP) is 2.32. The molecule has 1 saturated carbocycles. The Bertz CT molecular complexity index is 1140. The van der Waals surface area contributed by atoms with E-state index in [1.165, 1.54) is 24.3 Å². The van der Waals surface area contributed by atoms with Crippen LogP contribution in [0.25, 0.3) is 0 Å². The fourth-order valence-electron chi connectivity index (χ4n) is 4.91. The van der Waals surface area contributed by atoms with Gasteiger partial charge in [0.05, 0.1) is 37.6 Å². The van der Waals surface area contributed by atoms with Gasteiger partial charge in [0.2, 0.25) is 5.91 Å². The van der Waals surface area contributed by atoms with E-state index in [-0.39, 0.29) is 48.7 Å². The van der Waals surface area contributed by atoms with Gasteiger partial charge in [0.25, 0.3) is 5.56 Å². The van der Waals surface area contributed by atoms with Crippen LogP contribution < -0.4 is 5.56 Å². The first-order valence-corrected chi connectivity index (χ1v) is 12.4. The number of ether oxygens (including phenoxy) is 1. The Labute approximate surface area is 203 Å². The van der Waals surface area contributed by atoms with Crippen LogP contribution in [0.5, 0.6) is 0 Å². The van der Waals surface area contributed by atoms with Crippen molar-refractivity contribution in [3.05, 3.63) is 63.1 Å². The van der Waals surface area contributed by atoms with Crippen molar-refractivity contribution in [3.8, 4) is 0 Å². The number of carbonyl (C=O) groups is 2. The zero-order valence-electron chi connectivity index (χ0n) is 19.8. The molecule has 2 aliphatic heterocycles. The average molecular weight is 483 g/mol. The highest BCUT2D eigenvalue weighted by molar-refractivity contribution is 5.97. The summed E-state index contributed by atoms with van der Waals surface area (Å²) in [5, 5.41) is 0. The minimum absolute atomic E-state index is 0.0175. The summed E-state index contributed by atoms with van der Waals surface area (Å²) >= 11 is 0. The molecule has 3 heterocycles. The van der Waals surface area contributed by atoms with Crippen LogP contribution >= 0.6 is 0 Å². The number of rotatable bonds is 8. The number of carbonyl (C=O) groups excluding carboxylic acids is 2. The van der Waals surface area contributed by atoms with Gasteiger partial charge in [0.1, 0.15) is 11.6 Å². The first kappa shape index (κ1) is 23.8. The van der Waals surface area contributed by atoms with Crippen molar-refractivity contribution >= 4 is 11.7 Å². The second kappa shape index (κ2) is 10.4. The van der Waals surface area contributed by atoms with E-state index in [0.29, 0.717) is 68.4 Å². The van der Waals surface area contributed by atoms with Gasteiger partial charge in [-0.3, -0.25) is 19.3 Å². The molecular formula is C26H31FN4O4. The number of piperidine rings is 1. The van der Waals surface area contributed by atoms with E-state index in [9.17, 15) is 18.8 Å². The summed E-state index contributed by atoms with van der Waals surface area (Å²) in [4.78, 5) is 49.9. The summed E-state index contributed by atoms with van der Waals surface area (Å²) < 4.78 is 18.5. The lowest BCUT2D eigenvalue weighted by molar-refractivity contribution is -0.133. The number of aromatic amines is 1. The normalized spacial score (nSPS) is 18.8. The van der Waals surface area contributed by atoms with Crippen LogP contribution in [0.3, 0.4) is 0 Å². The van der Waals surface area contributed by atoms with E-state index in [1.807, 2.05) is 4.90 Å². The minimum Gasteiger partial charge on any atom is -0.376 e. The predicted molar refractivity (Wildman–Crippen MR) is 126 cm³/mol. The van der Waals surface area contributed by atoms with Crippen LogP contribution in [0.15, 0.2) is 29.1 Å². The van der Waals surface area contributed by atoms with Crippen molar-refractivity contribution in [3.63, 3.8) is 0 Å². The molecule has 1 amide bonds. The quantitative estimate of drug-likeness (QED) is 0.581. The maximum atomic E-state index is 13.3. The number of Topliss-reactive ketones (excluding diaryl/α,β-unsaturated/α-hetero) is 1. The largest absolute Gasteiger partial charge is 0.376 e. The van der Waals surface area contributed by atoms with E-state index >= 15 is 0 Å². The maximum Gasteiger partial charge on any atom is 0.256 e. The van der Waals surface area contributed by atoms with Gasteiger partial charge in [0.15, 0.2) is 5.78 Å². The number of benzene rings is 1. The Kier molecular flexibility index (Phi) is 7.06. The molecule has 0 atom stereocenters. The molecule has 1 aliphatic carbocycles. The molecule has 8 nitrogen and oxygen atoms in total. The van der Waals surface area contributed by atoms with Crippen LogP contribution in [0, 0.1) is 17.7 Å². The van der Waals surface area contributed by atoms with Crippen LogP contribution in [0.2, 0.25) is 0 Å². The number of aromatic nitrogens is 2. The van der Waals surface area contributed by atoms with E-state index < -0.39 is 0 Å². The third-order valence-corrected chi connectivity index (χ3v) is 7.19. The van der Waals surface area contributed by atoms with Gasteiger partial charge < -0.3 is 14.6 Å². The molecule has 35 heavy (non-hydrogen) atoms. The van der Waals surface area contributed by atoms with Gasteiger partial charge in [-0.25, -0.2) is 9.37 Å². The molecule has 3 aliphatic rings. The molecule has 1 aromatic heterocycles. The van der Waals surface area contributed by atoms with Gasteiger partial charge in [0, 0.05) is 24.4 Å². The Hall–Kier alpha value is -2.91. The molecule has 1 aromatic carbocycles. The lowest BCUT2D eigenvalue weighted by atomic mass is 9.89. The summed E-state index contributed by atoms with van der Waals surface area (Å²) in [5.41, 5.74) is 1.70. The van der Waals surface area contributed by atoms with Crippen molar-refractivity contribution in [2.75, 3.05) is 32.8 Å². The standard InChI is InChI=1S/C26H31FN4O4/c27-20-5-3-18(4-6-20)25(33)19-7-10-30(11-8-19)15-24(32)31(13-17-1-2-17)14-23-28-22-9-12-35-16-21(22)26(34)29-23/h3-6,17,19H,1-2,7-16H2,(H,28,29,34). The van der Waals surface area contributed by atoms with Crippen molar-refractivity contribution in [2.45, 2.75) is 45.3 Å².